The number of carbonyl (C=O) groups is 2. The largest absolute Gasteiger partial charge is 0.497 e. The molecule has 0 aliphatic rings. The molecule has 0 radical (unpaired) electrons. The summed E-state index contributed by atoms with van der Waals surface area (Å²) in [6, 6.07) is 31.9. The van der Waals surface area contributed by atoms with Gasteiger partial charge >= 0.3 is 0 Å². The van der Waals surface area contributed by atoms with Crippen LogP contribution in [0.3, 0.4) is 0 Å². The van der Waals surface area contributed by atoms with E-state index in [1.165, 1.54) is 17.8 Å². The maximum atomic E-state index is 13.5. The minimum atomic E-state index is -0.544. The molecule has 0 aliphatic heterocycles. The normalized spacial score (nSPS) is 11.5. The van der Waals surface area contributed by atoms with Crippen LogP contribution in [0.2, 0.25) is 0 Å². The van der Waals surface area contributed by atoms with E-state index in [2.05, 4.69) is 10.6 Å². The van der Waals surface area contributed by atoms with Crippen LogP contribution in [0, 0.1) is 0 Å². The lowest BCUT2D eigenvalue weighted by Crippen LogP contribution is -2.19. The van der Waals surface area contributed by atoms with E-state index in [0.717, 1.165) is 16.0 Å². The molecule has 6 nitrogen and oxygen atoms in total. The standard InChI is InChI=1S/C31H28N2O4S/c1-36-26-18-25(19-27(21-26)37-2)33-31(35)30(23-12-7-4-8-13-23)38-28-15-9-14-24(20-28)32-29(34)17-16-22-10-5-3-6-11-22/h3-21,30H,1-2H3,(H,32,34)(H,33,35)/b17-16+. The Kier molecular flexibility index (Phi) is 9.21. The zero-order chi connectivity index (χ0) is 26.7. The van der Waals surface area contributed by atoms with Gasteiger partial charge in [0, 0.05) is 40.5 Å². The molecule has 192 valence electrons. The molecule has 0 heterocycles. The Morgan fingerprint density at radius 3 is 2.05 bits per heavy atom. The van der Waals surface area contributed by atoms with Crippen LogP contribution in [-0.2, 0) is 9.59 Å². The first kappa shape index (κ1) is 26.6. The number of anilines is 2. The van der Waals surface area contributed by atoms with Crippen LogP contribution in [-0.4, -0.2) is 26.0 Å². The molecule has 38 heavy (non-hydrogen) atoms. The lowest BCUT2D eigenvalue weighted by Gasteiger charge is -2.18. The second-order valence-corrected chi connectivity index (χ2v) is 9.44. The van der Waals surface area contributed by atoms with E-state index in [-0.39, 0.29) is 11.8 Å². The van der Waals surface area contributed by atoms with E-state index in [1.54, 1.807) is 38.5 Å². The fraction of sp³-hybridized carbons (Fsp3) is 0.0968. The number of benzene rings is 4. The number of rotatable bonds is 10. The van der Waals surface area contributed by atoms with Gasteiger partial charge in [-0.1, -0.05) is 66.7 Å². The Hall–Kier alpha value is -4.49. The number of hydrogen-bond donors (Lipinski definition) is 2. The summed E-state index contributed by atoms with van der Waals surface area (Å²) in [6.45, 7) is 0. The van der Waals surface area contributed by atoms with Gasteiger partial charge in [-0.05, 0) is 35.4 Å². The summed E-state index contributed by atoms with van der Waals surface area (Å²) in [7, 11) is 3.12. The molecule has 0 aliphatic carbocycles. The number of ether oxygens (including phenoxy) is 2. The van der Waals surface area contributed by atoms with Crippen LogP contribution in [0.1, 0.15) is 16.4 Å². The van der Waals surface area contributed by atoms with Crippen LogP contribution < -0.4 is 20.1 Å². The molecule has 0 spiro atoms. The monoisotopic (exact) mass is 524 g/mol. The van der Waals surface area contributed by atoms with Crippen molar-refractivity contribution < 1.29 is 19.1 Å². The highest BCUT2D eigenvalue weighted by Crippen LogP contribution is 2.37. The van der Waals surface area contributed by atoms with Crippen LogP contribution in [0.15, 0.2) is 114 Å². The summed E-state index contributed by atoms with van der Waals surface area (Å²) in [6.07, 6.45) is 3.26. The molecule has 1 atom stereocenters. The first-order valence-corrected chi connectivity index (χ1v) is 12.8. The van der Waals surface area contributed by atoms with Gasteiger partial charge in [0.1, 0.15) is 16.7 Å². The number of thioether (sulfide) groups is 1. The van der Waals surface area contributed by atoms with E-state index < -0.39 is 5.25 Å². The Morgan fingerprint density at radius 2 is 1.39 bits per heavy atom. The summed E-state index contributed by atoms with van der Waals surface area (Å²) in [4.78, 5) is 26.8. The predicted molar refractivity (Wildman–Crippen MR) is 154 cm³/mol. The van der Waals surface area contributed by atoms with E-state index in [0.29, 0.717) is 22.9 Å². The summed E-state index contributed by atoms with van der Waals surface area (Å²) in [5.41, 5.74) is 3.00. The number of amides is 2. The van der Waals surface area contributed by atoms with Crippen LogP contribution in [0.25, 0.3) is 6.08 Å². The van der Waals surface area contributed by atoms with Gasteiger partial charge in [0.2, 0.25) is 11.8 Å². The van der Waals surface area contributed by atoms with Crippen molar-refractivity contribution in [2.24, 2.45) is 0 Å². The number of hydrogen-bond acceptors (Lipinski definition) is 5. The zero-order valence-corrected chi connectivity index (χ0v) is 21.9. The molecule has 4 aromatic carbocycles. The van der Waals surface area contributed by atoms with Crippen molar-refractivity contribution in [1.82, 2.24) is 0 Å². The van der Waals surface area contributed by atoms with Crippen molar-refractivity contribution in [1.29, 1.82) is 0 Å². The van der Waals surface area contributed by atoms with Gasteiger partial charge in [-0.2, -0.15) is 0 Å². The molecule has 4 rings (SSSR count). The maximum Gasteiger partial charge on any atom is 0.248 e. The summed E-state index contributed by atoms with van der Waals surface area (Å²) in [5, 5.41) is 5.34. The van der Waals surface area contributed by atoms with Gasteiger partial charge in [0.05, 0.1) is 14.2 Å². The second-order valence-electron chi connectivity index (χ2n) is 8.26. The Bertz CT molecular complexity index is 1390. The van der Waals surface area contributed by atoms with E-state index >= 15 is 0 Å². The Labute approximate surface area is 226 Å². The lowest BCUT2D eigenvalue weighted by atomic mass is 10.1. The van der Waals surface area contributed by atoms with E-state index in [9.17, 15) is 9.59 Å². The molecular weight excluding hydrogens is 496 g/mol. The van der Waals surface area contributed by atoms with Crippen LogP contribution in [0.5, 0.6) is 11.5 Å². The number of methoxy groups -OCH3 is 2. The van der Waals surface area contributed by atoms with Crippen LogP contribution >= 0.6 is 11.8 Å². The first-order valence-electron chi connectivity index (χ1n) is 11.9. The summed E-state index contributed by atoms with van der Waals surface area (Å²) < 4.78 is 10.7. The van der Waals surface area contributed by atoms with Crippen molar-refractivity contribution in [2.75, 3.05) is 24.9 Å². The maximum absolute atomic E-state index is 13.5. The molecule has 0 fully saturated rings. The highest BCUT2D eigenvalue weighted by Gasteiger charge is 2.23. The van der Waals surface area contributed by atoms with Crippen molar-refractivity contribution >= 4 is 41.0 Å². The number of nitrogens with one attached hydrogen (secondary N) is 2. The quantitative estimate of drug-likeness (QED) is 0.176. The fourth-order valence-corrected chi connectivity index (χ4v) is 4.77. The SMILES string of the molecule is COc1cc(NC(=O)C(Sc2cccc(NC(=O)/C=C/c3ccccc3)c2)c2ccccc2)cc(OC)c1. The summed E-state index contributed by atoms with van der Waals surface area (Å²) in [5.74, 6) is 0.721. The van der Waals surface area contributed by atoms with Crippen LogP contribution in [0.4, 0.5) is 11.4 Å². The minimum Gasteiger partial charge on any atom is -0.497 e. The highest BCUT2D eigenvalue weighted by atomic mass is 32.2. The third kappa shape index (κ3) is 7.51. The third-order valence-corrected chi connectivity index (χ3v) is 6.79. The fourth-order valence-electron chi connectivity index (χ4n) is 3.69. The molecule has 0 saturated carbocycles. The Morgan fingerprint density at radius 1 is 0.737 bits per heavy atom. The molecular formula is C31H28N2O4S. The van der Waals surface area contributed by atoms with Crippen molar-refractivity contribution in [3.63, 3.8) is 0 Å². The third-order valence-electron chi connectivity index (χ3n) is 5.54. The molecule has 1 unspecified atom stereocenters. The molecule has 0 bridgehead atoms. The average molecular weight is 525 g/mol. The van der Waals surface area contributed by atoms with Crippen molar-refractivity contribution in [3.05, 3.63) is 120 Å². The molecule has 4 aromatic rings. The minimum absolute atomic E-state index is 0.197. The van der Waals surface area contributed by atoms with E-state index in [1.807, 2.05) is 84.9 Å². The van der Waals surface area contributed by atoms with Gasteiger partial charge in [-0.3, -0.25) is 9.59 Å². The van der Waals surface area contributed by atoms with Gasteiger partial charge in [-0.25, -0.2) is 0 Å². The van der Waals surface area contributed by atoms with Crippen molar-refractivity contribution in [3.8, 4) is 11.5 Å². The van der Waals surface area contributed by atoms with Gasteiger partial charge in [0.15, 0.2) is 0 Å². The molecule has 2 N–H and O–H groups in total. The smallest absolute Gasteiger partial charge is 0.248 e. The summed E-state index contributed by atoms with van der Waals surface area (Å²) >= 11 is 1.40. The van der Waals surface area contributed by atoms with Gasteiger partial charge in [-0.15, -0.1) is 11.8 Å². The molecule has 7 heteroatoms. The molecule has 2 amide bonds. The topological polar surface area (TPSA) is 76.7 Å². The Balaban J connectivity index is 1.51. The van der Waals surface area contributed by atoms with E-state index in [4.69, 9.17) is 9.47 Å². The molecule has 0 saturated heterocycles. The predicted octanol–water partition coefficient (Wildman–Crippen LogP) is 6.83. The number of carbonyl (C=O) groups excluding carboxylic acids is 2. The highest BCUT2D eigenvalue weighted by molar-refractivity contribution is 8.00. The zero-order valence-electron chi connectivity index (χ0n) is 21.1. The van der Waals surface area contributed by atoms with Gasteiger partial charge in [0.25, 0.3) is 0 Å². The second kappa shape index (κ2) is 13.2. The van der Waals surface area contributed by atoms with Crippen molar-refractivity contribution in [2.45, 2.75) is 10.1 Å². The first-order chi connectivity index (χ1) is 18.5. The molecule has 0 aromatic heterocycles. The van der Waals surface area contributed by atoms with Gasteiger partial charge < -0.3 is 20.1 Å². The average Bonchev–Trinajstić information content (AvgIpc) is 2.95. The lowest BCUT2D eigenvalue weighted by molar-refractivity contribution is -0.116.